The van der Waals surface area contributed by atoms with Gasteiger partial charge in [0.1, 0.15) is 19.1 Å². The number of aromatic nitrogens is 2. The van der Waals surface area contributed by atoms with Crippen LogP contribution in [-0.4, -0.2) is 51.3 Å². The largest absolute Gasteiger partial charge is 0.444 e. The molecule has 33 heavy (non-hydrogen) atoms. The number of hydrogen-bond donors (Lipinski definition) is 1. The molecule has 0 bridgehead atoms. The molecule has 1 amide bonds. The SMILES string of the molecule is O=Cc1ccc(CNC(=O)c2ccc(CN3CCOc4nc([N+](=O)[O-])cn4CC3)cc2)cc1. The molecular weight excluding hydrogens is 426 g/mol. The van der Waals surface area contributed by atoms with Gasteiger partial charge < -0.3 is 20.2 Å². The molecule has 0 fully saturated rings. The summed E-state index contributed by atoms with van der Waals surface area (Å²) in [6.45, 7) is 3.30. The van der Waals surface area contributed by atoms with Crippen molar-refractivity contribution in [1.29, 1.82) is 0 Å². The molecule has 0 saturated carbocycles. The van der Waals surface area contributed by atoms with E-state index in [9.17, 15) is 19.7 Å². The molecule has 10 heteroatoms. The normalized spacial score (nSPS) is 13.8. The molecule has 1 N–H and O–H groups in total. The molecule has 4 rings (SSSR count). The summed E-state index contributed by atoms with van der Waals surface area (Å²) in [4.78, 5) is 39.7. The van der Waals surface area contributed by atoms with Crippen molar-refractivity contribution >= 4 is 18.0 Å². The van der Waals surface area contributed by atoms with Gasteiger partial charge in [0.2, 0.25) is 0 Å². The standard InChI is InChI=1S/C23H23N5O5/c29-16-19-3-1-17(2-4-19)13-24-22(30)20-7-5-18(6-8-20)14-26-9-10-27-15-21(28(31)32)25-23(27)33-12-11-26/h1-8,15-16H,9-14H2,(H,24,30). The zero-order valence-electron chi connectivity index (χ0n) is 17.8. The number of benzene rings is 2. The van der Waals surface area contributed by atoms with E-state index in [0.29, 0.717) is 50.5 Å². The van der Waals surface area contributed by atoms with Gasteiger partial charge in [0.15, 0.2) is 0 Å². The van der Waals surface area contributed by atoms with E-state index < -0.39 is 4.92 Å². The topological polar surface area (TPSA) is 120 Å². The Morgan fingerprint density at radius 1 is 1.09 bits per heavy atom. The van der Waals surface area contributed by atoms with E-state index >= 15 is 0 Å². The summed E-state index contributed by atoms with van der Waals surface area (Å²) < 4.78 is 7.25. The molecule has 10 nitrogen and oxygen atoms in total. The van der Waals surface area contributed by atoms with Crippen LogP contribution in [0.1, 0.15) is 31.8 Å². The summed E-state index contributed by atoms with van der Waals surface area (Å²) in [7, 11) is 0. The molecule has 0 atom stereocenters. The van der Waals surface area contributed by atoms with Crippen LogP contribution in [0.4, 0.5) is 5.82 Å². The second-order valence-corrected chi connectivity index (χ2v) is 7.70. The Hall–Kier alpha value is -4.05. The second kappa shape index (κ2) is 10.0. The van der Waals surface area contributed by atoms with Crippen LogP contribution in [0.2, 0.25) is 0 Å². The Kier molecular flexibility index (Phi) is 6.75. The number of imidazole rings is 1. The molecule has 1 aliphatic rings. The Bertz CT molecular complexity index is 1140. The molecule has 3 aromatic rings. The minimum absolute atomic E-state index is 0.171. The van der Waals surface area contributed by atoms with E-state index in [1.165, 1.54) is 6.20 Å². The van der Waals surface area contributed by atoms with E-state index in [-0.39, 0.29) is 17.7 Å². The number of carbonyl (C=O) groups is 2. The van der Waals surface area contributed by atoms with Crippen molar-refractivity contribution in [3.63, 3.8) is 0 Å². The van der Waals surface area contributed by atoms with Crippen LogP contribution in [0.15, 0.2) is 54.7 Å². The van der Waals surface area contributed by atoms with Gasteiger partial charge in [-0.15, -0.1) is 0 Å². The number of nitrogens with one attached hydrogen (secondary N) is 1. The number of amides is 1. The number of ether oxygens (including phenoxy) is 1. The highest BCUT2D eigenvalue weighted by Crippen LogP contribution is 2.19. The van der Waals surface area contributed by atoms with Crippen molar-refractivity contribution in [3.05, 3.63) is 87.1 Å². The van der Waals surface area contributed by atoms with Crippen LogP contribution in [-0.2, 0) is 19.6 Å². The number of fused-ring (bicyclic) bond motifs is 1. The molecule has 0 saturated heterocycles. The first kappa shape index (κ1) is 22.2. The van der Waals surface area contributed by atoms with Gasteiger partial charge in [-0.1, -0.05) is 36.4 Å². The summed E-state index contributed by atoms with van der Waals surface area (Å²) in [5.74, 6) is -0.389. The van der Waals surface area contributed by atoms with E-state index in [4.69, 9.17) is 4.74 Å². The predicted octanol–water partition coefficient (Wildman–Crippen LogP) is 2.43. The summed E-state index contributed by atoms with van der Waals surface area (Å²) in [5.41, 5.74) is 3.12. The summed E-state index contributed by atoms with van der Waals surface area (Å²) in [6.07, 6.45) is 2.17. The lowest BCUT2D eigenvalue weighted by Gasteiger charge is -2.24. The van der Waals surface area contributed by atoms with Crippen LogP contribution in [0.25, 0.3) is 0 Å². The minimum atomic E-state index is -0.528. The number of aldehydes is 1. The average molecular weight is 449 g/mol. The van der Waals surface area contributed by atoms with Crippen molar-refractivity contribution in [3.8, 4) is 6.01 Å². The maximum absolute atomic E-state index is 12.4. The quantitative estimate of drug-likeness (QED) is 0.334. The fraction of sp³-hybridized carbons (Fsp3) is 0.261. The Balaban J connectivity index is 1.30. The van der Waals surface area contributed by atoms with Gasteiger partial charge in [0, 0.05) is 48.8 Å². The number of rotatable bonds is 7. The van der Waals surface area contributed by atoms with E-state index in [0.717, 1.165) is 17.4 Å². The molecule has 2 aromatic carbocycles. The van der Waals surface area contributed by atoms with Gasteiger partial charge in [-0.05, 0) is 28.2 Å². The Labute approximate surface area is 189 Å². The van der Waals surface area contributed by atoms with Crippen LogP contribution in [0.5, 0.6) is 6.01 Å². The summed E-state index contributed by atoms with van der Waals surface area (Å²) in [5, 5.41) is 13.8. The monoisotopic (exact) mass is 449 g/mol. The molecule has 0 unspecified atom stereocenters. The zero-order valence-corrected chi connectivity index (χ0v) is 17.8. The van der Waals surface area contributed by atoms with Gasteiger partial charge >= 0.3 is 11.8 Å². The maximum atomic E-state index is 12.4. The average Bonchev–Trinajstić information content (AvgIpc) is 3.22. The summed E-state index contributed by atoms with van der Waals surface area (Å²) in [6, 6.07) is 14.7. The maximum Gasteiger partial charge on any atom is 0.414 e. The molecule has 2 heterocycles. The van der Waals surface area contributed by atoms with Crippen LogP contribution >= 0.6 is 0 Å². The fourth-order valence-corrected chi connectivity index (χ4v) is 3.55. The van der Waals surface area contributed by atoms with Gasteiger partial charge in [-0.3, -0.25) is 19.1 Å². The second-order valence-electron chi connectivity index (χ2n) is 7.70. The molecular formula is C23H23N5O5. The third-order valence-corrected chi connectivity index (χ3v) is 5.40. The molecule has 170 valence electrons. The van der Waals surface area contributed by atoms with Gasteiger partial charge in [-0.25, -0.2) is 0 Å². The lowest BCUT2D eigenvalue weighted by Crippen LogP contribution is -2.33. The molecule has 0 spiro atoms. The van der Waals surface area contributed by atoms with Crippen molar-refractivity contribution in [2.75, 3.05) is 19.7 Å². The van der Waals surface area contributed by atoms with Crippen molar-refractivity contribution in [2.45, 2.75) is 19.6 Å². The van der Waals surface area contributed by atoms with Gasteiger partial charge in [0.25, 0.3) is 5.91 Å². The number of nitro groups is 1. The Morgan fingerprint density at radius 3 is 2.52 bits per heavy atom. The fourth-order valence-electron chi connectivity index (χ4n) is 3.55. The lowest BCUT2D eigenvalue weighted by atomic mass is 10.1. The number of carbonyl (C=O) groups excluding carboxylic acids is 2. The third kappa shape index (κ3) is 5.60. The van der Waals surface area contributed by atoms with E-state index in [1.807, 2.05) is 24.3 Å². The third-order valence-electron chi connectivity index (χ3n) is 5.40. The van der Waals surface area contributed by atoms with Crippen molar-refractivity contribution in [1.82, 2.24) is 19.8 Å². The highest BCUT2D eigenvalue weighted by atomic mass is 16.6. The first-order chi connectivity index (χ1) is 16.0. The zero-order chi connectivity index (χ0) is 23.2. The molecule has 1 aliphatic heterocycles. The minimum Gasteiger partial charge on any atom is -0.444 e. The van der Waals surface area contributed by atoms with Crippen molar-refractivity contribution in [2.24, 2.45) is 0 Å². The van der Waals surface area contributed by atoms with Crippen LogP contribution in [0.3, 0.4) is 0 Å². The van der Waals surface area contributed by atoms with Crippen LogP contribution in [0, 0.1) is 10.1 Å². The van der Waals surface area contributed by atoms with E-state index in [2.05, 4.69) is 15.2 Å². The van der Waals surface area contributed by atoms with Gasteiger partial charge in [-0.2, -0.15) is 0 Å². The smallest absolute Gasteiger partial charge is 0.414 e. The molecule has 1 aromatic heterocycles. The highest BCUT2D eigenvalue weighted by molar-refractivity contribution is 5.94. The number of nitrogens with zero attached hydrogens (tertiary/aromatic N) is 4. The predicted molar refractivity (Wildman–Crippen MR) is 119 cm³/mol. The molecule has 0 radical (unpaired) electrons. The number of hydrogen-bond acceptors (Lipinski definition) is 7. The van der Waals surface area contributed by atoms with Crippen LogP contribution < -0.4 is 10.1 Å². The highest BCUT2D eigenvalue weighted by Gasteiger charge is 2.22. The van der Waals surface area contributed by atoms with Crippen molar-refractivity contribution < 1.29 is 19.2 Å². The van der Waals surface area contributed by atoms with Gasteiger partial charge in [0.05, 0.1) is 0 Å². The lowest BCUT2D eigenvalue weighted by molar-refractivity contribution is -0.389. The summed E-state index contributed by atoms with van der Waals surface area (Å²) >= 11 is 0. The first-order valence-corrected chi connectivity index (χ1v) is 10.5. The van der Waals surface area contributed by atoms with E-state index in [1.54, 1.807) is 28.8 Å². The Morgan fingerprint density at radius 2 is 1.82 bits per heavy atom. The molecule has 0 aliphatic carbocycles. The first-order valence-electron chi connectivity index (χ1n) is 10.5.